The van der Waals surface area contributed by atoms with E-state index in [1.54, 1.807) is 23.5 Å². The van der Waals surface area contributed by atoms with Crippen molar-refractivity contribution in [2.75, 3.05) is 13.7 Å². The third kappa shape index (κ3) is 2.54. The van der Waals surface area contributed by atoms with Crippen LogP contribution in [0.15, 0.2) is 35.7 Å². The molecule has 0 spiro atoms. The molecule has 1 aromatic heterocycles. The van der Waals surface area contributed by atoms with E-state index in [1.807, 2.05) is 30.5 Å². The molecule has 1 N–H and O–H groups in total. The smallest absolute Gasteiger partial charge is 0.170 e. The zero-order valence-electron chi connectivity index (χ0n) is 10.4. The molecule has 1 unspecified atom stereocenters. The van der Waals surface area contributed by atoms with Gasteiger partial charge in [0.15, 0.2) is 11.6 Å². The lowest BCUT2D eigenvalue weighted by Crippen LogP contribution is -2.22. The Morgan fingerprint density at radius 1 is 1.33 bits per heavy atom. The average Bonchev–Trinajstić information content (AvgIpc) is 2.90. The molecule has 0 aliphatic carbocycles. The van der Waals surface area contributed by atoms with Crippen molar-refractivity contribution in [3.63, 3.8) is 0 Å². The number of hydrogen-bond donors (Lipinski definition) is 1. The highest BCUT2D eigenvalue weighted by Gasteiger charge is 2.20. The first kappa shape index (κ1) is 13.1. The van der Waals surface area contributed by atoms with E-state index in [0.29, 0.717) is 5.56 Å². The lowest BCUT2D eigenvalue weighted by molar-refractivity contribution is 0.382. The van der Waals surface area contributed by atoms with E-state index in [0.717, 1.165) is 11.4 Å². The van der Waals surface area contributed by atoms with Gasteiger partial charge in [-0.3, -0.25) is 0 Å². The maximum absolute atomic E-state index is 14.3. The first-order chi connectivity index (χ1) is 8.77. The van der Waals surface area contributed by atoms with Crippen molar-refractivity contribution in [1.29, 1.82) is 0 Å². The van der Waals surface area contributed by atoms with E-state index in [9.17, 15) is 4.39 Å². The Morgan fingerprint density at radius 3 is 2.78 bits per heavy atom. The zero-order chi connectivity index (χ0) is 13.0. The Morgan fingerprint density at radius 2 is 2.17 bits per heavy atom. The quantitative estimate of drug-likeness (QED) is 0.892. The van der Waals surface area contributed by atoms with Gasteiger partial charge in [0.05, 0.1) is 13.2 Å². The molecule has 2 nitrogen and oxygen atoms in total. The summed E-state index contributed by atoms with van der Waals surface area (Å²) in [6.45, 7) is 2.79. The minimum atomic E-state index is -0.292. The van der Waals surface area contributed by atoms with Crippen LogP contribution in [-0.4, -0.2) is 13.7 Å². The molecule has 0 saturated carbocycles. The summed E-state index contributed by atoms with van der Waals surface area (Å²) in [6.07, 6.45) is 0. The molecule has 4 heteroatoms. The molecular formula is C14H16FNOS. The number of nitrogens with one attached hydrogen (secondary N) is 1. The van der Waals surface area contributed by atoms with Gasteiger partial charge in [0, 0.05) is 10.4 Å². The number of ether oxygens (including phenoxy) is 1. The fourth-order valence-electron chi connectivity index (χ4n) is 1.93. The van der Waals surface area contributed by atoms with E-state index >= 15 is 0 Å². The van der Waals surface area contributed by atoms with Gasteiger partial charge in [-0.15, -0.1) is 11.3 Å². The summed E-state index contributed by atoms with van der Waals surface area (Å²) < 4.78 is 19.3. The van der Waals surface area contributed by atoms with Crippen LogP contribution in [0.25, 0.3) is 0 Å². The van der Waals surface area contributed by atoms with Crippen LogP contribution in [-0.2, 0) is 0 Å². The highest BCUT2D eigenvalue weighted by Crippen LogP contribution is 2.31. The normalized spacial score (nSPS) is 12.4. The number of hydrogen-bond acceptors (Lipinski definition) is 3. The molecule has 1 atom stereocenters. The van der Waals surface area contributed by atoms with Crippen molar-refractivity contribution < 1.29 is 9.13 Å². The van der Waals surface area contributed by atoms with E-state index < -0.39 is 0 Å². The van der Waals surface area contributed by atoms with E-state index in [1.165, 1.54) is 7.11 Å². The molecule has 0 bridgehead atoms. The summed E-state index contributed by atoms with van der Waals surface area (Å²) in [7, 11) is 1.48. The molecular weight excluding hydrogens is 249 g/mol. The minimum Gasteiger partial charge on any atom is -0.494 e. The van der Waals surface area contributed by atoms with Crippen LogP contribution < -0.4 is 10.1 Å². The first-order valence-corrected chi connectivity index (χ1v) is 6.75. The Balaban J connectivity index is 2.43. The SMILES string of the molecule is CCNC(c1cccs1)c1cccc(OC)c1F. The topological polar surface area (TPSA) is 21.3 Å². The van der Waals surface area contributed by atoms with Gasteiger partial charge >= 0.3 is 0 Å². The maximum Gasteiger partial charge on any atom is 0.170 e. The fourth-order valence-corrected chi connectivity index (χ4v) is 2.75. The van der Waals surface area contributed by atoms with Crippen LogP contribution >= 0.6 is 11.3 Å². The molecule has 0 saturated heterocycles. The van der Waals surface area contributed by atoms with Crippen LogP contribution in [0.2, 0.25) is 0 Å². The van der Waals surface area contributed by atoms with Crippen LogP contribution in [0.5, 0.6) is 5.75 Å². The van der Waals surface area contributed by atoms with Gasteiger partial charge in [0.25, 0.3) is 0 Å². The van der Waals surface area contributed by atoms with E-state index in [2.05, 4.69) is 5.32 Å². The van der Waals surface area contributed by atoms with Crippen molar-refractivity contribution in [3.05, 3.63) is 52.0 Å². The third-order valence-corrected chi connectivity index (χ3v) is 3.70. The highest BCUT2D eigenvalue weighted by atomic mass is 32.1. The van der Waals surface area contributed by atoms with Gasteiger partial charge in [-0.1, -0.05) is 25.1 Å². The van der Waals surface area contributed by atoms with Gasteiger partial charge < -0.3 is 10.1 Å². The zero-order valence-corrected chi connectivity index (χ0v) is 11.3. The highest BCUT2D eigenvalue weighted by molar-refractivity contribution is 7.10. The molecule has 0 radical (unpaired) electrons. The van der Waals surface area contributed by atoms with E-state index in [-0.39, 0.29) is 17.6 Å². The van der Waals surface area contributed by atoms with Gasteiger partial charge in [0.2, 0.25) is 0 Å². The van der Waals surface area contributed by atoms with E-state index in [4.69, 9.17) is 4.74 Å². The molecule has 1 heterocycles. The second kappa shape index (κ2) is 5.98. The second-order valence-corrected chi connectivity index (χ2v) is 4.85. The Hall–Kier alpha value is -1.39. The number of benzene rings is 1. The summed E-state index contributed by atoms with van der Waals surface area (Å²) in [4.78, 5) is 1.10. The molecule has 1 aromatic carbocycles. The fraction of sp³-hybridized carbons (Fsp3) is 0.286. The van der Waals surface area contributed by atoms with Gasteiger partial charge in [-0.25, -0.2) is 4.39 Å². The van der Waals surface area contributed by atoms with Gasteiger partial charge in [0.1, 0.15) is 0 Å². The van der Waals surface area contributed by atoms with Gasteiger partial charge in [-0.2, -0.15) is 0 Å². The monoisotopic (exact) mass is 265 g/mol. The summed E-state index contributed by atoms with van der Waals surface area (Å²) >= 11 is 1.62. The van der Waals surface area contributed by atoms with Gasteiger partial charge in [-0.05, 0) is 24.1 Å². The minimum absolute atomic E-state index is 0.120. The Kier molecular flexibility index (Phi) is 4.33. The second-order valence-electron chi connectivity index (χ2n) is 3.87. The molecule has 0 amide bonds. The standard InChI is InChI=1S/C14H16FNOS/c1-3-16-14(12-8-5-9-18-12)10-6-4-7-11(17-2)13(10)15/h4-9,14,16H,3H2,1-2H3. The average molecular weight is 265 g/mol. The Bertz CT molecular complexity index is 499. The first-order valence-electron chi connectivity index (χ1n) is 5.87. The number of methoxy groups -OCH3 is 1. The summed E-state index contributed by atoms with van der Waals surface area (Å²) in [5.41, 5.74) is 0.624. The predicted octanol–water partition coefficient (Wildman–Crippen LogP) is 3.59. The van der Waals surface area contributed by atoms with Crippen molar-refractivity contribution in [2.45, 2.75) is 13.0 Å². The van der Waals surface area contributed by atoms with Crippen LogP contribution in [0.4, 0.5) is 4.39 Å². The molecule has 96 valence electrons. The lowest BCUT2D eigenvalue weighted by atomic mass is 10.0. The van der Waals surface area contributed by atoms with Crippen LogP contribution in [0.1, 0.15) is 23.4 Å². The summed E-state index contributed by atoms with van der Waals surface area (Å²) in [5, 5.41) is 5.31. The number of rotatable bonds is 5. The number of halogens is 1. The molecule has 0 aliphatic rings. The summed E-state index contributed by atoms with van der Waals surface area (Å²) in [5.74, 6) is -0.00805. The molecule has 18 heavy (non-hydrogen) atoms. The van der Waals surface area contributed by atoms with Crippen molar-refractivity contribution >= 4 is 11.3 Å². The third-order valence-electron chi connectivity index (χ3n) is 2.76. The largest absolute Gasteiger partial charge is 0.494 e. The number of thiophene rings is 1. The summed E-state index contributed by atoms with van der Waals surface area (Å²) in [6, 6.07) is 9.11. The Labute approximate surface area is 110 Å². The molecule has 0 fully saturated rings. The molecule has 2 rings (SSSR count). The van der Waals surface area contributed by atoms with Crippen molar-refractivity contribution in [1.82, 2.24) is 5.32 Å². The van der Waals surface area contributed by atoms with Crippen LogP contribution in [0.3, 0.4) is 0 Å². The van der Waals surface area contributed by atoms with Crippen molar-refractivity contribution in [2.24, 2.45) is 0 Å². The predicted molar refractivity (Wildman–Crippen MR) is 72.8 cm³/mol. The van der Waals surface area contributed by atoms with Crippen molar-refractivity contribution in [3.8, 4) is 5.75 Å². The molecule has 0 aliphatic heterocycles. The van der Waals surface area contributed by atoms with Crippen LogP contribution in [0, 0.1) is 5.82 Å². The molecule has 2 aromatic rings. The lowest BCUT2D eigenvalue weighted by Gasteiger charge is -2.18. The maximum atomic E-state index is 14.3.